The highest BCUT2D eigenvalue weighted by Crippen LogP contribution is 2.34. The molecule has 0 unspecified atom stereocenters. The van der Waals surface area contributed by atoms with Gasteiger partial charge in [0.1, 0.15) is 5.82 Å². The van der Waals surface area contributed by atoms with Crippen LogP contribution in [0.3, 0.4) is 0 Å². The summed E-state index contributed by atoms with van der Waals surface area (Å²) in [4.78, 5) is 7.18. The summed E-state index contributed by atoms with van der Waals surface area (Å²) in [5, 5.41) is 3.49. The van der Waals surface area contributed by atoms with Crippen LogP contribution in [0, 0.1) is 0 Å². The monoisotopic (exact) mass is 261 g/mol. The van der Waals surface area contributed by atoms with Crippen LogP contribution in [-0.4, -0.2) is 29.5 Å². The molecule has 1 N–H and O–H groups in total. The summed E-state index contributed by atoms with van der Waals surface area (Å²) >= 11 is 0. The number of piperidine rings is 1. The van der Waals surface area contributed by atoms with Crippen LogP contribution in [0.1, 0.15) is 57.6 Å². The number of aromatic nitrogens is 1. The molecule has 0 spiro atoms. The van der Waals surface area contributed by atoms with Crippen LogP contribution in [0.4, 0.5) is 5.82 Å². The fraction of sp³-hybridized carbons (Fsp3) is 0.688. The van der Waals surface area contributed by atoms with Gasteiger partial charge in [0.05, 0.1) is 0 Å². The van der Waals surface area contributed by atoms with Gasteiger partial charge >= 0.3 is 0 Å². The van der Waals surface area contributed by atoms with Gasteiger partial charge in [0, 0.05) is 24.3 Å². The average molecular weight is 261 g/mol. The van der Waals surface area contributed by atoms with E-state index in [1.807, 2.05) is 6.20 Å². The quantitative estimate of drug-likeness (QED) is 0.843. The highest BCUT2D eigenvalue weighted by molar-refractivity contribution is 5.45. The van der Waals surface area contributed by atoms with Crippen LogP contribution in [0.5, 0.6) is 0 Å². The predicted molar refractivity (Wildman–Crippen MR) is 81.5 cm³/mol. The fourth-order valence-electron chi connectivity index (χ4n) is 2.98. The number of pyridine rings is 1. The number of nitrogens with zero attached hydrogens (tertiary/aromatic N) is 2. The molecule has 1 aromatic rings. The number of hydrogen-bond donors (Lipinski definition) is 1. The van der Waals surface area contributed by atoms with E-state index in [1.54, 1.807) is 0 Å². The van der Waals surface area contributed by atoms with E-state index in [0.29, 0.717) is 6.04 Å². The first-order valence-electron chi connectivity index (χ1n) is 7.79. The molecule has 0 aromatic carbocycles. The zero-order valence-corrected chi connectivity index (χ0v) is 12.4. The fourth-order valence-corrected chi connectivity index (χ4v) is 2.98. The zero-order valence-electron chi connectivity index (χ0n) is 12.4. The summed E-state index contributed by atoms with van der Waals surface area (Å²) < 4.78 is 0. The molecule has 0 saturated carbocycles. The van der Waals surface area contributed by atoms with E-state index in [1.165, 1.54) is 44.3 Å². The molecular formula is C16H27N3. The summed E-state index contributed by atoms with van der Waals surface area (Å²) in [6, 6.07) is 4.89. The zero-order chi connectivity index (χ0) is 13.5. The Bertz CT molecular complexity index is 376. The predicted octanol–water partition coefficient (Wildman–Crippen LogP) is 3.84. The highest BCUT2D eigenvalue weighted by atomic mass is 15.2. The Labute approximate surface area is 117 Å². The Kier molecular flexibility index (Phi) is 5.64. The Hall–Kier alpha value is -1.09. The van der Waals surface area contributed by atoms with Crippen molar-refractivity contribution >= 4 is 5.82 Å². The van der Waals surface area contributed by atoms with Gasteiger partial charge in [-0.05, 0) is 44.8 Å². The lowest BCUT2D eigenvalue weighted by atomic mass is 9.95. The van der Waals surface area contributed by atoms with Crippen molar-refractivity contribution in [1.29, 1.82) is 0 Å². The third kappa shape index (κ3) is 3.69. The first kappa shape index (κ1) is 14.3. The minimum atomic E-state index is 0.557. The Balaban J connectivity index is 2.17. The van der Waals surface area contributed by atoms with Gasteiger partial charge in [-0.2, -0.15) is 0 Å². The molecular weight excluding hydrogens is 234 g/mol. The standard InChI is InChI=1S/C16H27N3/c1-3-10-17-16-14(8-7-11-18-16)15-9-5-6-13-19(15)12-4-2/h7-8,11,15H,3-6,9-10,12-13H2,1-2H3,(H,17,18)/t15-/m0/s1. The number of hydrogen-bond acceptors (Lipinski definition) is 3. The van der Waals surface area contributed by atoms with Gasteiger partial charge in [0.2, 0.25) is 0 Å². The van der Waals surface area contributed by atoms with E-state index < -0.39 is 0 Å². The van der Waals surface area contributed by atoms with Gasteiger partial charge in [-0.15, -0.1) is 0 Å². The van der Waals surface area contributed by atoms with Gasteiger partial charge in [0.25, 0.3) is 0 Å². The summed E-state index contributed by atoms with van der Waals surface area (Å²) in [6.45, 7) is 7.91. The maximum atomic E-state index is 4.55. The largest absolute Gasteiger partial charge is 0.370 e. The van der Waals surface area contributed by atoms with Crippen molar-refractivity contribution in [1.82, 2.24) is 9.88 Å². The van der Waals surface area contributed by atoms with E-state index in [4.69, 9.17) is 0 Å². The molecule has 2 heterocycles. The lowest BCUT2D eigenvalue weighted by Gasteiger charge is -2.36. The van der Waals surface area contributed by atoms with Crippen molar-refractivity contribution in [2.24, 2.45) is 0 Å². The molecule has 2 rings (SSSR count). The lowest BCUT2D eigenvalue weighted by Crippen LogP contribution is -2.34. The summed E-state index contributed by atoms with van der Waals surface area (Å²) in [5.74, 6) is 1.09. The summed E-state index contributed by atoms with van der Waals surface area (Å²) in [5.41, 5.74) is 1.39. The molecule has 1 fully saturated rings. The average Bonchev–Trinajstić information content (AvgIpc) is 2.46. The van der Waals surface area contributed by atoms with E-state index in [9.17, 15) is 0 Å². The van der Waals surface area contributed by atoms with Crippen LogP contribution >= 0.6 is 0 Å². The molecule has 19 heavy (non-hydrogen) atoms. The number of nitrogens with one attached hydrogen (secondary N) is 1. The highest BCUT2D eigenvalue weighted by Gasteiger charge is 2.25. The summed E-state index contributed by atoms with van der Waals surface area (Å²) in [6.07, 6.45) is 8.22. The maximum absolute atomic E-state index is 4.55. The molecule has 3 heteroatoms. The maximum Gasteiger partial charge on any atom is 0.130 e. The van der Waals surface area contributed by atoms with Crippen LogP contribution < -0.4 is 5.32 Å². The molecule has 3 nitrogen and oxygen atoms in total. The first-order chi connectivity index (χ1) is 9.36. The van der Waals surface area contributed by atoms with Crippen molar-refractivity contribution in [2.75, 3.05) is 25.0 Å². The van der Waals surface area contributed by atoms with Gasteiger partial charge in [-0.25, -0.2) is 4.98 Å². The van der Waals surface area contributed by atoms with Crippen molar-refractivity contribution in [3.63, 3.8) is 0 Å². The van der Waals surface area contributed by atoms with Gasteiger partial charge < -0.3 is 5.32 Å². The molecule has 0 radical (unpaired) electrons. The van der Waals surface area contributed by atoms with Crippen LogP contribution in [0.2, 0.25) is 0 Å². The van der Waals surface area contributed by atoms with Crippen molar-refractivity contribution in [2.45, 2.75) is 52.0 Å². The molecule has 1 aliphatic rings. The van der Waals surface area contributed by atoms with Crippen molar-refractivity contribution < 1.29 is 0 Å². The molecule has 1 aromatic heterocycles. The minimum absolute atomic E-state index is 0.557. The molecule has 106 valence electrons. The number of anilines is 1. The van der Waals surface area contributed by atoms with E-state index in [-0.39, 0.29) is 0 Å². The van der Waals surface area contributed by atoms with Gasteiger partial charge in [0.15, 0.2) is 0 Å². The Morgan fingerprint density at radius 1 is 1.32 bits per heavy atom. The molecule has 1 atom stereocenters. The molecule has 1 saturated heterocycles. The number of rotatable bonds is 6. The van der Waals surface area contributed by atoms with Crippen LogP contribution in [-0.2, 0) is 0 Å². The second-order valence-electron chi connectivity index (χ2n) is 5.42. The van der Waals surface area contributed by atoms with Crippen molar-refractivity contribution in [3.8, 4) is 0 Å². The van der Waals surface area contributed by atoms with Crippen LogP contribution in [0.15, 0.2) is 18.3 Å². The van der Waals surface area contributed by atoms with E-state index in [0.717, 1.165) is 18.8 Å². The van der Waals surface area contributed by atoms with Crippen molar-refractivity contribution in [3.05, 3.63) is 23.9 Å². The molecule has 0 bridgehead atoms. The van der Waals surface area contributed by atoms with Gasteiger partial charge in [-0.1, -0.05) is 26.3 Å². The minimum Gasteiger partial charge on any atom is -0.370 e. The van der Waals surface area contributed by atoms with Gasteiger partial charge in [-0.3, -0.25) is 4.90 Å². The second-order valence-corrected chi connectivity index (χ2v) is 5.42. The van der Waals surface area contributed by atoms with Crippen LogP contribution in [0.25, 0.3) is 0 Å². The number of likely N-dealkylation sites (tertiary alicyclic amines) is 1. The van der Waals surface area contributed by atoms with E-state index >= 15 is 0 Å². The molecule has 0 aliphatic carbocycles. The topological polar surface area (TPSA) is 28.2 Å². The first-order valence-corrected chi connectivity index (χ1v) is 7.79. The smallest absolute Gasteiger partial charge is 0.130 e. The normalized spacial score (nSPS) is 20.4. The SMILES string of the molecule is CCCNc1ncccc1[C@@H]1CCCCN1CCC. The third-order valence-electron chi connectivity index (χ3n) is 3.86. The molecule has 1 aliphatic heterocycles. The molecule has 0 amide bonds. The second kappa shape index (κ2) is 7.49. The Morgan fingerprint density at radius 3 is 3.00 bits per heavy atom. The van der Waals surface area contributed by atoms with E-state index in [2.05, 4.69) is 41.2 Å². The summed E-state index contributed by atoms with van der Waals surface area (Å²) in [7, 11) is 0. The Morgan fingerprint density at radius 2 is 2.21 bits per heavy atom. The third-order valence-corrected chi connectivity index (χ3v) is 3.86. The lowest BCUT2D eigenvalue weighted by molar-refractivity contribution is 0.149.